The minimum Gasteiger partial charge on any atom is -0.480 e. The molecule has 2 atom stereocenters. The van der Waals surface area contributed by atoms with Crippen molar-refractivity contribution in [3.8, 4) is 0 Å². The summed E-state index contributed by atoms with van der Waals surface area (Å²) >= 11 is 0. The number of nitrogens with one attached hydrogen (secondary N) is 1. The molecule has 0 aromatic rings. The number of carbonyl (C=O) groups is 2. The first-order chi connectivity index (χ1) is 8.10. The summed E-state index contributed by atoms with van der Waals surface area (Å²) in [7, 11) is 1.68. The summed E-state index contributed by atoms with van der Waals surface area (Å²) in [4.78, 5) is 22.7. The Hall–Kier alpha value is -1.10. The molecule has 2 aliphatic rings. The van der Waals surface area contributed by atoms with Crippen LogP contribution in [-0.4, -0.2) is 36.7 Å². The lowest BCUT2D eigenvalue weighted by Gasteiger charge is -2.19. The van der Waals surface area contributed by atoms with Crippen molar-refractivity contribution in [3.05, 3.63) is 0 Å². The third-order valence-corrected chi connectivity index (χ3v) is 4.01. The minimum atomic E-state index is -1.12. The fraction of sp³-hybridized carbons (Fsp3) is 0.833. The number of ether oxygens (including phenoxy) is 1. The van der Waals surface area contributed by atoms with E-state index in [-0.39, 0.29) is 12.0 Å². The van der Waals surface area contributed by atoms with E-state index in [0.29, 0.717) is 25.3 Å². The molecule has 0 aromatic heterocycles. The van der Waals surface area contributed by atoms with Crippen LogP contribution in [0.15, 0.2) is 0 Å². The van der Waals surface area contributed by atoms with Crippen LogP contribution in [-0.2, 0) is 14.3 Å². The zero-order chi connectivity index (χ0) is 12.5. The Labute approximate surface area is 101 Å². The predicted octanol–water partition coefficient (Wildman–Crippen LogP) is 0.782. The fourth-order valence-corrected chi connectivity index (χ4v) is 2.60. The topological polar surface area (TPSA) is 75.6 Å². The molecule has 2 saturated carbocycles. The number of carbonyl (C=O) groups excluding carboxylic acids is 1. The molecule has 0 heterocycles. The van der Waals surface area contributed by atoms with Gasteiger partial charge in [-0.3, -0.25) is 9.59 Å². The van der Waals surface area contributed by atoms with E-state index in [0.717, 1.165) is 19.3 Å². The largest absolute Gasteiger partial charge is 0.480 e. The highest BCUT2D eigenvalue weighted by atomic mass is 16.5. The van der Waals surface area contributed by atoms with Gasteiger partial charge in [0.1, 0.15) is 5.41 Å². The molecule has 2 fully saturated rings. The van der Waals surface area contributed by atoms with Crippen LogP contribution in [0.3, 0.4) is 0 Å². The van der Waals surface area contributed by atoms with Gasteiger partial charge in [-0.1, -0.05) is 6.42 Å². The first-order valence-electron chi connectivity index (χ1n) is 6.14. The Kier molecular flexibility index (Phi) is 3.38. The number of aliphatic carboxylic acids is 1. The van der Waals surface area contributed by atoms with Crippen molar-refractivity contribution in [1.82, 2.24) is 5.32 Å². The molecule has 0 aliphatic heterocycles. The van der Waals surface area contributed by atoms with E-state index in [9.17, 15) is 9.59 Å². The molecular weight excluding hydrogens is 222 g/mol. The van der Waals surface area contributed by atoms with E-state index < -0.39 is 11.4 Å². The Balaban J connectivity index is 1.82. The second-order valence-electron chi connectivity index (χ2n) is 5.06. The number of carboxylic acids is 1. The summed E-state index contributed by atoms with van der Waals surface area (Å²) in [6, 6.07) is 0. The Morgan fingerprint density at radius 2 is 2.12 bits per heavy atom. The zero-order valence-electron chi connectivity index (χ0n) is 10.1. The van der Waals surface area contributed by atoms with Gasteiger partial charge in [-0.25, -0.2) is 0 Å². The van der Waals surface area contributed by atoms with Gasteiger partial charge in [0.05, 0.1) is 6.10 Å². The SMILES string of the molecule is COC1CCCC1CNC(=O)C1(C(=O)O)CC1. The summed E-state index contributed by atoms with van der Waals surface area (Å²) in [5.41, 5.74) is -1.12. The van der Waals surface area contributed by atoms with Crippen LogP contribution >= 0.6 is 0 Å². The summed E-state index contributed by atoms with van der Waals surface area (Å²) in [5.74, 6) is -0.995. The molecule has 1 amide bonds. The highest BCUT2D eigenvalue weighted by Gasteiger charge is 2.57. The van der Waals surface area contributed by atoms with Gasteiger partial charge >= 0.3 is 5.97 Å². The molecule has 2 unspecified atom stereocenters. The van der Waals surface area contributed by atoms with E-state index >= 15 is 0 Å². The van der Waals surface area contributed by atoms with Crippen LogP contribution in [0.5, 0.6) is 0 Å². The zero-order valence-corrected chi connectivity index (χ0v) is 10.1. The monoisotopic (exact) mass is 241 g/mol. The maximum absolute atomic E-state index is 11.8. The quantitative estimate of drug-likeness (QED) is 0.697. The van der Waals surface area contributed by atoms with Crippen LogP contribution in [0, 0.1) is 11.3 Å². The molecule has 2 N–H and O–H groups in total. The lowest BCUT2D eigenvalue weighted by molar-refractivity contribution is -0.149. The summed E-state index contributed by atoms with van der Waals surface area (Å²) in [6.07, 6.45) is 4.32. The van der Waals surface area contributed by atoms with Crippen LogP contribution in [0.2, 0.25) is 0 Å². The Bertz CT molecular complexity index is 324. The highest BCUT2D eigenvalue weighted by Crippen LogP contribution is 2.46. The fourth-order valence-electron chi connectivity index (χ4n) is 2.60. The molecule has 0 saturated heterocycles. The molecule has 2 aliphatic carbocycles. The van der Waals surface area contributed by atoms with E-state index in [1.54, 1.807) is 7.11 Å². The maximum atomic E-state index is 11.8. The average Bonchev–Trinajstić information content (AvgIpc) is 3.00. The van der Waals surface area contributed by atoms with E-state index in [1.807, 2.05) is 0 Å². The molecule has 0 bridgehead atoms. The number of carboxylic acid groups (broad SMARTS) is 1. The van der Waals surface area contributed by atoms with Crippen LogP contribution in [0.4, 0.5) is 0 Å². The molecule has 0 radical (unpaired) electrons. The highest BCUT2D eigenvalue weighted by molar-refractivity contribution is 6.04. The van der Waals surface area contributed by atoms with Gasteiger partial charge in [0.25, 0.3) is 0 Å². The second kappa shape index (κ2) is 4.64. The minimum absolute atomic E-state index is 0.204. The average molecular weight is 241 g/mol. The summed E-state index contributed by atoms with van der Waals surface area (Å²) < 4.78 is 5.34. The van der Waals surface area contributed by atoms with Crippen LogP contribution < -0.4 is 5.32 Å². The van der Waals surface area contributed by atoms with Crippen molar-refractivity contribution >= 4 is 11.9 Å². The lowest BCUT2D eigenvalue weighted by Crippen LogP contribution is -2.40. The van der Waals surface area contributed by atoms with E-state index in [1.165, 1.54) is 0 Å². The molecule has 5 nitrogen and oxygen atoms in total. The van der Waals surface area contributed by atoms with Crippen molar-refractivity contribution < 1.29 is 19.4 Å². The lowest BCUT2D eigenvalue weighted by atomic mass is 10.0. The Morgan fingerprint density at radius 3 is 2.65 bits per heavy atom. The van der Waals surface area contributed by atoms with Gasteiger partial charge in [-0.2, -0.15) is 0 Å². The number of amides is 1. The summed E-state index contributed by atoms with van der Waals surface area (Å²) in [6.45, 7) is 0.534. The van der Waals surface area contributed by atoms with Gasteiger partial charge in [0, 0.05) is 19.6 Å². The van der Waals surface area contributed by atoms with Crippen molar-refractivity contribution in [2.45, 2.75) is 38.2 Å². The Morgan fingerprint density at radius 1 is 1.41 bits per heavy atom. The third-order valence-electron chi connectivity index (χ3n) is 4.01. The third kappa shape index (κ3) is 2.29. The number of hydrogen-bond donors (Lipinski definition) is 2. The summed E-state index contributed by atoms with van der Waals surface area (Å²) in [5, 5.41) is 11.8. The molecule has 17 heavy (non-hydrogen) atoms. The van der Waals surface area contributed by atoms with Crippen molar-refractivity contribution in [2.75, 3.05) is 13.7 Å². The molecule has 0 aromatic carbocycles. The standard InChI is InChI=1S/C12H19NO4/c1-17-9-4-2-3-8(9)7-13-10(14)12(5-6-12)11(15)16/h8-9H,2-7H2,1H3,(H,13,14)(H,15,16). The van der Waals surface area contributed by atoms with Crippen molar-refractivity contribution in [2.24, 2.45) is 11.3 Å². The second-order valence-corrected chi connectivity index (χ2v) is 5.06. The van der Waals surface area contributed by atoms with Crippen molar-refractivity contribution in [3.63, 3.8) is 0 Å². The van der Waals surface area contributed by atoms with Crippen LogP contribution in [0.25, 0.3) is 0 Å². The number of methoxy groups -OCH3 is 1. The van der Waals surface area contributed by atoms with E-state index in [2.05, 4.69) is 5.32 Å². The number of hydrogen-bond acceptors (Lipinski definition) is 3. The van der Waals surface area contributed by atoms with Gasteiger partial charge in [0.15, 0.2) is 0 Å². The number of rotatable bonds is 5. The molecule has 96 valence electrons. The predicted molar refractivity (Wildman–Crippen MR) is 60.5 cm³/mol. The first-order valence-corrected chi connectivity index (χ1v) is 6.14. The smallest absolute Gasteiger partial charge is 0.319 e. The maximum Gasteiger partial charge on any atom is 0.319 e. The normalized spacial score (nSPS) is 29.9. The first kappa shape index (κ1) is 12.4. The van der Waals surface area contributed by atoms with Crippen molar-refractivity contribution in [1.29, 1.82) is 0 Å². The van der Waals surface area contributed by atoms with Gasteiger partial charge in [0.2, 0.25) is 5.91 Å². The van der Waals surface area contributed by atoms with Gasteiger partial charge < -0.3 is 15.2 Å². The molecular formula is C12H19NO4. The molecule has 0 spiro atoms. The van der Waals surface area contributed by atoms with Gasteiger partial charge in [-0.15, -0.1) is 0 Å². The molecule has 5 heteroatoms. The van der Waals surface area contributed by atoms with E-state index in [4.69, 9.17) is 9.84 Å². The van der Waals surface area contributed by atoms with Gasteiger partial charge in [-0.05, 0) is 25.7 Å². The van der Waals surface area contributed by atoms with Crippen LogP contribution in [0.1, 0.15) is 32.1 Å². The molecule has 2 rings (SSSR count).